The van der Waals surface area contributed by atoms with Crippen LogP contribution in [0.1, 0.15) is 16.8 Å². The Hall–Kier alpha value is -1.47. The van der Waals surface area contributed by atoms with Crippen molar-refractivity contribution in [2.45, 2.75) is 12.5 Å². The molecule has 1 unspecified atom stereocenters. The molecule has 1 N–H and O–H groups in total. The van der Waals surface area contributed by atoms with Crippen molar-refractivity contribution in [2.24, 2.45) is 0 Å². The molecule has 1 heterocycles. The van der Waals surface area contributed by atoms with E-state index >= 15 is 0 Å². The van der Waals surface area contributed by atoms with Crippen LogP contribution in [0.3, 0.4) is 0 Å². The van der Waals surface area contributed by atoms with Crippen LogP contribution in [-0.2, 0) is 9.84 Å². The van der Waals surface area contributed by atoms with Gasteiger partial charge in [-0.2, -0.15) is 0 Å². The average molecular weight is 301 g/mol. The van der Waals surface area contributed by atoms with E-state index in [9.17, 15) is 17.6 Å². The summed E-state index contributed by atoms with van der Waals surface area (Å²) < 4.78 is 41.6. The normalized spacial score (nSPS) is 21.4. The van der Waals surface area contributed by atoms with Crippen LogP contribution in [0.2, 0.25) is 0 Å². The zero-order chi connectivity index (χ0) is 14.8. The molecule has 2 rings (SSSR count). The Kier molecular flexibility index (Phi) is 4.39. The number of Topliss-reactive ketones (excluding diaryl/α,β-unsaturated/α-hetero) is 1. The van der Waals surface area contributed by atoms with Crippen LogP contribution >= 0.6 is 0 Å². The quantitative estimate of drug-likeness (QED) is 0.833. The van der Waals surface area contributed by atoms with E-state index in [0.29, 0.717) is 12.3 Å². The van der Waals surface area contributed by atoms with Gasteiger partial charge in [0.2, 0.25) is 0 Å². The lowest BCUT2D eigenvalue weighted by molar-refractivity contribution is 0.0968. The first-order valence-electron chi connectivity index (χ1n) is 6.22. The predicted molar refractivity (Wildman–Crippen MR) is 72.3 cm³/mol. The number of carbonyl (C=O) groups excluding carboxylic acids is 1. The molecule has 0 aliphatic carbocycles. The molecule has 0 spiro atoms. The third kappa shape index (κ3) is 3.55. The highest BCUT2D eigenvalue weighted by molar-refractivity contribution is 7.91. The van der Waals surface area contributed by atoms with E-state index in [1.54, 1.807) is 0 Å². The lowest BCUT2D eigenvalue weighted by atomic mass is 10.0. The van der Waals surface area contributed by atoms with Gasteiger partial charge in [0.15, 0.2) is 15.6 Å². The Balaban J connectivity index is 2.08. The zero-order valence-electron chi connectivity index (χ0n) is 11.1. The third-order valence-corrected chi connectivity index (χ3v) is 4.95. The fourth-order valence-corrected chi connectivity index (χ4v) is 3.63. The fraction of sp³-hybridized carbons (Fsp3) is 0.462. The van der Waals surface area contributed by atoms with Crippen LogP contribution in [0.5, 0.6) is 5.75 Å². The second-order valence-corrected chi connectivity index (χ2v) is 6.97. The summed E-state index contributed by atoms with van der Waals surface area (Å²) in [4.78, 5) is 12.0. The Labute approximate surface area is 117 Å². The van der Waals surface area contributed by atoms with Crippen molar-refractivity contribution in [2.75, 3.05) is 25.2 Å². The first kappa shape index (κ1) is 14.9. The molecule has 7 heteroatoms. The number of carbonyl (C=O) groups is 1. The van der Waals surface area contributed by atoms with Crippen LogP contribution in [0, 0.1) is 5.82 Å². The van der Waals surface area contributed by atoms with Gasteiger partial charge in [-0.05, 0) is 12.1 Å². The van der Waals surface area contributed by atoms with Crippen molar-refractivity contribution in [3.8, 4) is 5.75 Å². The Morgan fingerprint density at radius 3 is 2.85 bits per heavy atom. The standard InChI is InChI=1S/C13H16FNO4S/c1-19-10-2-3-11(12(14)7-10)13(16)6-9-8-20(17,18)5-4-15-9/h2-3,7,9,15H,4-6,8H2,1H3. The van der Waals surface area contributed by atoms with Gasteiger partial charge in [-0.3, -0.25) is 4.79 Å². The first-order chi connectivity index (χ1) is 9.41. The molecular weight excluding hydrogens is 285 g/mol. The number of methoxy groups -OCH3 is 1. The van der Waals surface area contributed by atoms with Gasteiger partial charge in [0.1, 0.15) is 11.6 Å². The van der Waals surface area contributed by atoms with E-state index in [2.05, 4.69) is 5.32 Å². The van der Waals surface area contributed by atoms with Gasteiger partial charge in [-0.15, -0.1) is 0 Å². The number of rotatable bonds is 4. The monoisotopic (exact) mass is 301 g/mol. The highest BCUT2D eigenvalue weighted by Gasteiger charge is 2.27. The average Bonchev–Trinajstić information content (AvgIpc) is 2.37. The van der Waals surface area contributed by atoms with E-state index in [1.165, 1.54) is 19.2 Å². The highest BCUT2D eigenvalue weighted by atomic mass is 32.2. The van der Waals surface area contributed by atoms with Crippen molar-refractivity contribution in [3.05, 3.63) is 29.6 Å². The van der Waals surface area contributed by atoms with E-state index < -0.39 is 27.5 Å². The maximum absolute atomic E-state index is 13.8. The summed E-state index contributed by atoms with van der Waals surface area (Å²) >= 11 is 0. The molecule has 110 valence electrons. The summed E-state index contributed by atoms with van der Waals surface area (Å²) in [5.74, 6) is -0.754. The number of ketones is 1. The summed E-state index contributed by atoms with van der Waals surface area (Å²) in [6.07, 6.45) is -0.0392. The number of ether oxygens (including phenoxy) is 1. The predicted octanol–water partition coefficient (Wildman–Crippen LogP) is 0.794. The van der Waals surface area contributed by atoms with E-state index in [0.717, 1.165) is 6.07 Å². The number of hydrogen-bond acceptors (Lipinski definition) is 5. The van der Waals surface area contributed by atoms with Gasteiger partial charge in [0.25, 0.3) is 0 Å². The molecule has 1 aliphatic heterocycles. The van der Waals surface area contributed by atoms with Crippen LogP contribution in [-0.4, -0.2) is 45.4 Å². The molecule has 20 heavy (non-hydrogen) atoms. The van der Waals surface area contributed by atoms with Crippen molar-refractivity contribution in [3.63, 3.8) is 0 Å². The van der Waals surface area contributed by atoms with Crippen LogP contribution < -0.4 is 10.1 Å². The summed E-state index contributed by atoms with van der Waals surface area (Å²) in [7, 11) is -1.70. The minimum atomic E-state index is -3.11. The van der Waals surface area contributed by atoms with Gasteiger partial charge < -0.3 is 10.1 Å². The maximum atomic E-state index is 13.8. The molecule has 1 aromatic rings. The minimum Gasteiger partial charge on any atom is -0.497 e. The molecule has 5 nitrogen and oxygen atoms in total. The highest BCUT2D eigenvalue weighted by Crippen LogP contribution is 2.18. The largest absolute Gasteiger partial charge is 0.497 e. The number of benzene rings is 1. The van der Waals surface area contributed by atoms with Crippen LogP contribution in [0.15, 0.2) is 18.2 Å². The smallest absolute Gasteiger partial charge is 0.167 e. The zero-order valence-corrected chi connectivity index (χ0v) is 11.9. The Bertz CT molecular complexity index is 615. The van der Waals surface area contributed by atoms with Gasteiger partial charge in [-0.1, -0.05) is 0 Å². The van der Waals surface area contributed by atoms with E-state index in [1.807, 2.05) is 0 Å². The molecule has 0 aromatic heterocycles. The molecule has 0 amide bonds. The molecule has 0 saturated carbocycles. The summed E-state index contributed by atoms with van der Waals surface area (Å²) in [6, 6.07) is 3.54. The van der Waals surface area contributed by atoms with Gasteiger partial charge >= 0.3 is 0 Å². The summed E-state index contributed by atoms with van der Waals surface area (Å²) in [6.45, 7) is 0.325. The summed E-state index contributed by atoms with van der Waals surface area (Å²) in [5.41, 5.74) is -0.0458. The molecule has 1 aliphatic rings. The molecular formula is C13H16FNO4S. The molecule has 1 fully saturated rings. The van der Waals surface area contributed by atoms with Crippen molar-refractivity contribution in [1.29, 1.82) is 0 Å². The third-order valence-electron chi connectivity index (χ3n) is 3.21. The van der Waals surface area contributed by atoms with Crippen molar-refractivity contribution in [1.82, 2.24) is 5.32 Å². The molecule has 1 atom stereocenters. The maximum Gasteiger partial charge on any atom is 0.167 e. The molecule has 1 aromatic carbocycles. The van der Waals surface area contributed by atoms with Crippen LogP contribution in [0.25, 0.3) is 0 Å². The molecule has 1 saturated heterocycles. The topological polar surface area (TPSA) is 72.5 Å². The molecule has 0 radical (unpaired) electrons. The van der Waals surface area contributed by atoms with E-state index in [4.69, 9.17) is 4.74 Å². The van der Waals surface area contributed by atoms with Gasteiger partial charge in [-0.25, -0.2) is 12.8 Å². The molecule has 0 bridgehead atoms. The van der Waals surface area contributed by atoms with Gasteiger partial charge in [0.05, 0.1) is 24.2 Å². The van der Waals surface area contributed by atoms with Gasteiger partial charge in [0, 0.05) is 25.1 Å². The summed E-state index contributed by atoms with van der Waals surface area (Å²) in [5, 5.41) is 2.97. The number of nitrogens with one attached hydrogen (secondary N) is 1. The van der Waals surface area contributed by atoms with Crippen LogP contribution in [0.4, 0.5) is 4.39 Å². The van der Waals surface area contributed by atoms with Crippen molar-refractivity contribution >= 4 is 15.6 Å². The first-order valence-corrected chi connectivity index (χ1v) is 8.04. The van der Waals surface area contributed by atoms with E-state index in [-0.39, 0.29) is 23.5 Å². The number of hydrogen-bond donors (Lipinski definition) is 1. The number of sulfone groups is 1. The Morgan fingerprint density at radius 2 is 2.25 bits per heavy atom. The Morgan fingerprint density at radius 1 is 1.50 bits per heavy atom. The lowest BCUT2D eigenvalue weighted by Gasteiger charge is -2.23. The second-order valence-electron chi connectivity index (χ2n) is 4.74. The lowest BCUT2D eigenvalue weighted by Crippen LogP contribution is -2.46. The number of halogens is 1. The van der Waals surface area contributed by atoms with Crippen molar-refractivity contribution < 1.29 is 22.3 Å². The SMILES string of the molecule is COc1ccc(C(=O)CC2CS(=O)(=O)CCN2)c(F)c1. The fourth-order valence-electron chi connectivity index (χ4n) is 2.18. The minimum absolute atomic E-state index is 0.0392. The second kappa shape index (κ2) is 5.88.